The Hall–Kier alpha value is -3.27. The molecule has 2 aromatic carbocycles. The van der Waals surface area contributed by atoms with Crippen LogP contribution in [0, 0.1) is 13.8 Å². The van der Waals surface area contributed by atoms with E-state index < -0.39 is 0 Å². The van der Waals surface area contributed by atoms with Crippen LogP contribution < -0.4 is 5.32 Å². The number of aryl methyl sites for hydroxylation is 1. The van der Waals surface area contributed by atoms with Gasteiger partial charge in [0.05, 0.1) is 5.52 Å². The third-order valence-electron chi connectivity index (χ3n) is 4.40. The predicted octanol–water partition coefficient (Wildman–Crippen LogP) is 5.05. The van der Waals surface area contributed by atoms with Crippen LogP contribution in [0.5, 0.6) is 0 Å². The molecule has 0 fully saturated rings. The quantitative estimate of drug-likeness (QED) is 0.572. The summed E-state index contributed by atoms with van der Waals surface area (Å²) < 4.78 is 0. The molecule has 1 N–H and O–H groups in total. The molecule has 0 bridgehead atoms. The van der Waals surface area contributed by atoms with Crippen LogP contribution in [-0.2, 0) is 0 Å². The van der Waals surface area contributed by atoms with Gasteiger partial charge in [0.1, 0.15) is 5.82 Å². The van der Waals surface area contributed by atoms with E-state index >= 15 is 0 Å². The zero-order valence-electron chi connectivity index (χ0n) is 14.2. The van der Waals surface area contributed by atoms with Crippen molar-refractivity contribution < 1.29 is 0 Å². The predicted molar refractivity (Wildman–Crippen MR) is 102 cm³/mol. The molecule has 25 heavy (non-hydrogen) atoms. The minimum atomic E-state index is 0.689. The minimum absolute atomic E-state index is 0.689. The molecule has 0 radical (unpaired) electrons. The van der Waals surface area contributed by atoms with Crippen LogP contribution >= 0.6 is 0 Å². The first-order valence-corrected chi connectivity index (χ1v) is 8.23. The summed E-state index contributed by atoms with van der Waals surface area (Å²) in [6.45, 7) is 4.23. The van der Waals surface area contributed by atoms with Crippen molar-refractivity contribution in [3.63, 3.8) is 0 Å². The first kappa shape index (κ1) is 15.3. The molecule has 4 nitrogen and oxygen atoms in total. The monoisotopic (exact) mass is 326 g/mol. The lowest BCUT2D eigenvalue weighted by Gasteiger charge is -2.14. The Labute approximate surface area is 146 Å². The number of pyridine rings is 1. The van der Waals surface area contributed by atoms with Crippen LogP contribution in [0.15, 0.2) is 67.0 Å². The van der Waals surface area contributed by atoms with Gasteiger partial charge < -0.3 is 5.32 Å². The van der Waals surface area contributed by atoms with Gasteiger partial charge >= 0.3 is 0 Å². The Morgan fingerprint density at radius 1 is 0.800 bits per heavy atom. The summed E-state index contributed by atoms with van der Waals surface area (Å²) in [6.07, 6.45) is 3.51. The average molecular weight is 326 g/mol. The molecule has 2 heterocycles. The highest BCUT2D eigenvalue weighted by Crippen LogP contribution is 2.29. The highest BCUT2D eigenvalue weighted by Gasteiger charge is 2.10. The van der Waals surface area contributed by atoms with Gasteiger partial charge in [-0.2, -0.15) is 0 Å². The lowest BCUT2D eigenvalue weighted by molar-refractivity contribution is 1.21. The first-order valence-electron chi connectivity index (χ1n) is 8.23. The summed E-state index contributed by atoms with van der Waals surface area (Å²) in [6, 6.07) is 18.1. The standard InChI is InChI=1S/C21H18N4/c1-14-6-5-9-18(15(14)2)23-21-17-7-3-4-8-19(17)24-20(25-21)16-10-12-22-13-11-16/h3-13H,1-2H3,(H,23,24,25). The molecule has 0 spiro atoms. The SMILES string of the molecule is Cc1cccc(Nc2nc(-c3ccncc3)nc3ccccc23)c1C. The van der Waals surface area contributed by atoms with Gasteiger partial charge in [-0.3, -0.25) is 4.98 Å². The van der Waals surface area contributed by atoms with E-state index in [-0.39, 0.29) is 0 Å². The molecule has 0 atom stereocenters. The number of para-hydroxylation sites is 1. The molecule has 122 valence electrons. The first-order chi connectivity index (χ1) is 12.2. The molecule has 0 saturated heterocycles. The van der Waals surface area contributed by atoms with Crippen molar-refractivity contribution in [1.82, 2.24) is 15.0 Å². The lowest BCUT2D eigenvalue weighted by Crippen LogP contribution is -2.01. The largest absolute Gasteiger partial charge is 0.339 e. The number of aromatic nitrogens is 3. The van der Waals surface area contributed by atoms with Crippen LogP contribution in [0.3, 0.4) is 0 Å². The summed E-state index contributed by atoms with van der Waals surface area (Å²) >= 11 is 0. The summed E-state index contributed by atoms with van der Waals surface area (Å²) in [5.41, 5.74) is 5.39. The molecule has 2 aromatic heterocycles. The second-order valence-electron chi connectivity index (χ2n) is 6.02. The van der Waals surface area contributed by atoms with E-state index in [1.54, 1.807) is 12.4 Å². The normalized spacial score (nSPS) is 10.8. The number of hydrogen-bond acceptors (Lipinski definition) is 4. The van der Waals surface area contributed by atoms with Crippen LogP contribution in [0.2, 0.25) is 0 Å². The Balaban J connectivity index is 1.88. The molecule has 0 aliphatic carbocycles. The van der Waals surface area contributed by atoms with Crippen LogP contribution in [0.4, 0.5) is 11.5 Å². The number of hydrogen-bond donors (Lipinski definition) is 1. The fourth-order valence-corrected chi connectivity index (χ4v) is 2.82. The molecule has 0 aliphatic rings. The molecule has 0 unspecified atom stereocenters. The average Bonchev–Trinajstić information content (AvgIpc) is 2.66. The number of rotatable bonds is 3. The van der Waals surface area contributed by atoms with Gasteiger partial charge in [0.2, 0.25) is 0 Å². The highest BCUT2D eigenvalue weighted by molar-refractivity contribution is 5.92. The second kappa shape index (κ2) is 6.32. The Kier molecular flexibility index (Phi) is 3.86. The van der Waals surface area contributed by atoms with Gasteiger partial charge in [0, 0.05) is 29.0 Å². The van der Waals surface area contributed by atoms with Gasteiger partial charge in [-0.05, 0) is 55.3 Å². The van der Waals surface area contributed by atoms with E-state index in [9.17, 15) is 0 Å². The fraction of sp³-hybridized carbons (Fsp3) is 0.0952. The number of benzene rings is 2. The second-order valence-corrected chi connectivity index (χ2v) is 6.02. The highest BCUT2D eigenvalue weighted by atomic mass is 15.0. The molecule has 4 rings (SSSR count). The Bertz CT molecular complexity index is 1040. The van der Waals surface area contributed by atoms with Gasteiger partial charge in [-0.1, -0.05) is 24.3 Å². The minimum Gasteiger partial charge on any atom is -0.339 e. The Morgan fingerprint density at radius 2 is 1.60 bits per heavy atom. The number of nitrogens with zero attached hydrogens (tertiary/aromatic N) is 3. The maximum Gasteiger partial charge on any atom is 0.162 e. The lowest BCUT2D eigenvalue weighted by atomic mass is 10.1. The summed E-state index contributed by atoms with van der Waals surface area (Å²) in [5.74, 6) is 1.50. The molecule has 4 aromatic rings. The van der Waals surface area contributed by atoms with Crippen molar-refractivity contribution in [1.29, 1.82) is 0 Å². The maximum atomic E-state index is 4.79. The van der Waals surface area contributed by atoms with E-state index in [1.165, 1.54) is 11.1 Å². The number of nitrogens with one attached hydrogen (secondary N) is 1. The zero-order chi connectivity index (χ0) is 17.2. The zero-order valence-corrected chi connectivity index (χ0v) is 14.2. The summed E-state index contributed by atoms with van der Waals surface area (Å²) in [5, 5.41) is 4.50. The van der Waals surface area contributed by atoms with E-state index in [0.717, 1.165) is 28.0 Å². The van der Waals surface area contributed by atoms with Gasteiger partial charge in [-0.15, -0.1) is 0 Å². The third-order valence-corrected chi connectivity index (χ3v) is 4.40. The van der Waals surface area contributed by atoms with Crippen molar-refractivity contribution >= 4 is 22.4 Å². The van der Waals surface area contributed by atoms with E-state index in [1.807, 2.05) is 36.4 Å². The fourth-order valence-electron chi connectivity index (χ4n) is 2.82. The van der Waals surface area contributed by atoms with Gasteiger partial charge in [0.25, 0.3) is 0 Å². The van der Waals surface area contributed by atoms with Crippen molar-refractivity contribution in [2.45, 2.75) is 13.8 Å². The van der Waals surface area contributed by atoms with Gasteiger partial charge in [0.15, 0.2) is 5.82 Å². The van der Waals surface area contributed by atoms with Crippen molar-refractivity contribution in [2.24, 2.45) is 0 Å². The molecule has 4 heteroatoms. The number of anilines is 2. The van der Waals surface area contributed by atoms with E-state index in [4.69, 9.17) is 9.97 Å². The Morgan fingerprint density at radius 3 is 2.44 bits per heavy atom. The topological polar surface area (TPSA) is 50.7 Å². The van der Waals surface area contributed by atoms with E-state index in [0.29, 0.717) is 5.82 Å². The van der Waals surface area contributed by atoms with Crippen molar-refractivity contribution in [3.8, 4) is 11.4 Å². The molecular formula is C21H18N4. The maximum absolute atomic E-state index is 4.79. The number of fused-ring (bicyclic) bond motifs is 1. The van der Waals surface area contributed by atoms with Crippen LogP contribution in [-0.4, -0.2) is 15.0 Å². The molecule has 0 aliphatic heterocycles. The third kappa shape index (κ3) is 2.94. The summed E-state index contributed by atoms with van der Waals surface area (Å²) in [4.78, 5) is 13.6. The molecular weight excluding hydrogens is 308 g/mol. The van der Waals surface area contributed by atoms with Gasteiger partial charge in [-0.25, -0.2) is 9.97 Å². The van der Waals surface area contributed by atoms with Crippen LogP contribution in [0.1, 0.15) is 11.1 Å². The van der Waals surface area contributed by atoms with Crippen LogP contribution in [0.25, 0.3) is 22.3 Å². The van der Waals surface area contributed by atoms with Crippen molar-refractivity contribution in [2.75, 3.05) is 5.32 Å². The molecule has 0 saturated carbocycles. The summed E-state index contributed by atoms with van der Waals surface area (Å²) in [7, 11) is 0. The van der Waals surface area contributed by atoms with E-state index in [2.05, 4.69) is 42.3 Å². The smallest absolute Gasteiger partial charge is 0.162 e. The molecule has 0 amide bonds. The van der Waals surface area contributed by atoms with Crippen molar-refractivity contribution in [3.05, 3.63) is 78.1 Å².